The van der Waals surface area contributed by atoms with E-state index in [4.69, 9.17) is 0 Å². The third-order valence-electron chi connectivity index (χ3n) is 6.05. The minimum Gasteiger partial charge on any atom is -0.345 e. The quantitative estimate of drug-likeness (QED) is 0.715. The van der Waals surface area contributed by atoms with Crippen LogP contribution in [0.1, 0.15) is 51.0 Å². The Morgan fingerprint density at radius 1 is 1.00 bits per heavy atom. The third-order valence-corrected chi connectivity index (χ3v) is 6.05. The lowest BCUT2D eigenvalue weighted by Gasteiger charge is -2.49. The van der Waals surface area contributed by atoms with Gasteiger partial charge in [0.1, 0.15) is 5.54 Å². The first-order valence-corrected chi connectivity index (χ1v) is 10.5. The van der Waals surface area contributed by atoms with Crippen LogP contribution in [0.25, 0.3) is 0 Å². The van der Waals surface area contributed by atoms with Gasteiger partial charge in [-0.25, -0.2) is 0 Å². The number of piperazine rings is 1. The number of hydrogen-bond donors (Lipinski definition) is 1. The summed E-state index contributed by atoms with van der Waals surface area (Å²) in [6.45, 7) is 5.81. The summed E-state index contributed by atoms with van der Waals surface area (Å²) in [6.07, 6.45) is 7.22. The normalized spacial score (nSPS) is 20.1. The fraction of sp³-hybridized carbons (Fsp3) is 0.636. The molecule has 2 fully saturated rings. The van der Waals surface area contributed by atoms with Crippen molar-refractivity contribution in [1.82, 2.24) is 15.1 Å². The molecule has 1 aromatic carbocycles. The number of amides is 2. The minimum atomic E-state index is -0.602. The molecular formula is C22H33N3O2. The summed E-state index contributed by atoms with van der Waals surface area (Å²) in [4.78, 5) is 29.3. The number of nitrogens with one attached hydrogen (secondary N) is 1. The van der Waals surface area contributed by atoms with Crippen molar-refractivity contribution in [3.63, 3.8) is 0 Å². The number of hydrogen-bond acceptors (Lipinski definition) is 3. The Kier molecular flexibility index (Phi) is 6.89. The molecule has 0 aromatic heterocycles. The Bertz CT molecular complexity index is 624. The number of carbonyl (C=O) groups is 2. The topological polar surface area (TPSA) is 52.7 Å². The Hall–Kier alpha value is -1.88. The fourth-order valence-electron chi connectivity index (χ4n) is 4.47. The number of rotatable bonds is 8. The van der Waals surface area contributed by atoms with Crippen molar-refractivity contribution in [2.24, 2.45) is 0 Å². The van der Waals surface area contributed by atoms with Gasteiger partial charge in [-0.3, -0.25) is 9.59 Å². The molecule has 0 radical (unpaired) electrons. The second-order valence-electron chi connectivity index (χ2n) is 7.90. The molecular weight excluding hydrogens is 338 g/mol. The zero-order chi connectivity index (χ0) is 19.1. The van der Waals surface area contributed by atoms with Crippen molar-refractivity contribution >= 4 is 11.8 Å². The van der Waals surface area contributed by atoms with E-state index < -0.39 is 5.54 Å². The Morgan fingerprint density at radius 2 is 1.74 bits per heavy atom. The first-order valence-electron chi connectivity index (χ1n) is 10.5. The van der Waals surface area contributed by atoms with Crippen molar-refractivity contribution in [3.8, 4) is 0 Å². The van der Waals surface area contributed by atoms with Gasteiger partial charge in [-0.2, -0.15) is 0 Å². The van der Waals surface area contributed by atoms with Gasteiger partial charge in [0.05, 0.1) is 6.54 Å². The lowest BCUT2D eigenvalue weighted by atomic mass is 9.82. The van der Waals surface area contributed by atoms with Gasteiger partial charge in [-0.15, -0.1) is 0 Å². The molecule has 0 unspecified atom stereocenters. The van der Waals surface area contributed by atoms with Crippen molar-refractivity contribution in [2.75, 3.05) is 32.7 Å². The van der Waals surface area contributed by atoms with Gasteiger partial charge >= 0.3 is 0 Å². The van der Waals surface area contributed by atoms with Gasteiger partial charge < -0.3 is 15.1 Å². The van der Waals surface area contributed by atoms with Crippen LogP contribution in [0.2, 0.25) is 0 Å². The van der Waals surface area contributed by atoms with Crippen LogP contribution in [0.15, 0.2) is 30.3 Å². The molecule has 148 valence electrons. The summed E-state index contributed by atoms with van der Waals surface area (Å²) in [5.41, 5.74) is 0.816. The third kappa shape index (κ3) is 4.70. The molecule has 27 heavy (non-hydrogen) atoms. The monoisotopic (exact) mass is 371 g/mol. The molecule has 1 N–H and O–H groups in total. The molecule has 1 aromatic rings. The highest BCUT2D eigenvalue weighted by molar-refractivity contribution is 5.98. The second-order valence-corrected chi connectivity index (χ2v) is 7.90. The lowest BCUT2D eigenvalue weighted by molar-refractivity contribution is -0.157. The van der Waals surface area contributed by atoms with Gasteiger partial charge in [0.25, 0.3) is 0 Å². The van der Waals surface area contributed by atoms with Gasteiger partial charge in [0, 0.05) is 19.6 Å². The SMILES string of the molecule is CCCN1C(=O)CNC(=O)C12CCN(CCCCCc1ccccc1)CC2. The molecule has 0 saturated carbocycles. The molecule has 5 heteroatoms. The highest BCUT2D eigenvalue weighted by Crippen LogP contribution is 2.32. The zero-order valence-corrected chi connectivity index (χ0v) is 16.6. The van der Waals surface area contributed by atoms with E-state index >= 15 is 0 Å². The zero-order valence-electron chi connectivity index (χ0n) is 16.6. The van der Waals surface area contributed by atoms with E-state index in [1.165, 1.54) is 24.8 Å². The molecule has 2 aliphatic heterocycles. The highest BCUT2D eigenvalue weighted by atomic mass is 16.2. The van der Waals surface area contributed by atoms with Crippen molar-refractivity contribution in [3.05, 3.63) is 35.9 Å². The number of carbonyl (C=O) groups excluding carboxylic acids is 2. The number of unbranched alkanes of at least 4 members (excludes halogenated alkanes) is 2. The summed E-state index contributed by atoms with van der Waals surface area (Å²) in [5.74, 6) is 0.129. The number of likely N-dealkylation sites (tertiary alicyclic amines) is 1. The van der Waals surface area contributed by atoms with Gasteiger partial charge in [0.15, 0.2) is 0 Å². The van der Waals surface area contributed by atoms with Gasteiger partial charge in [-0.05, 0) is 50.6 Å². The first kappa shape index (κ1) is 19.9. The average Bonchev–Trinajstić information content (AvgIpc) is 2.70. The summed E-state index contributed by atoms with van der Waals surface area (Å²) < 4.78 is 0. The molecule has 0 aliphatic carbocycles. The van der Waals surface area contributed by atoms with E-state index in [-0.39, 0.29) is 18.4 Å². The first-order chi connectivity index (χ1) is 13.2. The standard InChI is InChI=1S/C22H33N3O2/c1-2-14-25-20(26)18-23-21(27)22(25)12-16-24(17-13-22)15-8-4-7-11-19-9-5-3-6-10-19/h3,5-6,9-10H,2,4,7-8,11-18H2,1H3,(H,23,27). The van der Waals surface area contributed by atoms with Gasteiger partial charge in [0.2, 0.25) is 11.8 Å². The van der Waals surface area contributed by atoms with E-state index in [0.717, 1.165) is 45.3 Å². The lowest BCUT2D eigenvalue weighted by Crippen LogP contribution is -2.70. The predicted octanol–water partition coefficient (Wildman–Crippen LogP) is 2.60. The number of aryl methyl sites for hydroxylation is 1. The minimum absolute atomic E-state index is 0.0538. The molecule has 0 bridgehead atoms. The van der Waals surface area contributed by atoms with E-state index in [9.17, 15) is 9.59 Å². The Balaban J connectivity index is 1.42. The van der Waals surface area contributed by atoms with Crippen LogP contribution in [-0.4, -0.2) is 59.9 Å². The summed E-state index contributed by atoms with van der Waals surface area (Å²) in [7, 11) is 0. The van der Waals surface area contributed by atoms with Crippen LogP contribution < -0.4 is 5.32 Å². The molecule has 2 amide bonds. The Morgan fingerprint density at radius 3 is 2.44 bits per heavy atom. The molecule has 3 rings (SSSR count). The van der Waals surface area contributed by atoms with E-state index in [2.05, 4.69) is 47.5 Å². The van der Waals surface area contributed by atoms with E-state index in [0.29, 0.717) is 6.54 Å². The van der Waals surface area contributed by atoms with Crippen LogP contribution in [-0.2, 0) is 16.0 Å². The molecule has 2 aliphatic rings. The van der Waals surface area contributed by atoms with Crippen LogP contribution in [0, 0.1) is 0 Å². The maximum Gasteiger partial charge on any atom is 0.246 e. The van der Waals surface area contributed by atoms with Crippen molar-refractivity contribution < 1.29 is 9.59 Å². The largest absolute Gasteiger partial charge is 0.345 e. The molecule has 1 spiro atoms. The average molecular weight is 372 g/mol. The highest BCUT2D eigenvalue weighted by Gasteiger charge is 2.50. The van der Waals surface area contributed by atoms with Crippen molar-refractivity contribution in [2.45, 2.75) is 57.4 Å². The summed E-state index contributed by atoms with van der Waals surface area (Å²) in [5, 5.41) is 2.82. The summed E-state index contributed by atoms with van der Waals surface area (Å²) in [6, 6.07) is 10.7. The smallest absolute Gasteiger partial charge is 0.246 e. The molecule has 2 saturated heterocycles. The number of piperidine rings is 1. The van der Waals surface area contributed by atoms with Crippen LogP contribution in [0.3, 0.4) is 0 Å². The second kappa shape index (κ2) is 9.36. The van der Waals surface area contributed by atoms with Crippen LogP contribution in [0.4, 0.5) is 0 Å². The van der Waals surface area contributed by atoms with Gasteiger partial charge in [-0.1, -0.05) is 43.7 Å². The van der Waals surface area contributed by atoms with Crippen molar-refractivity contribution in [1.29, 1.82) is 0 Å². The molecule has 0 atom stereocenters. The van der Waals surface area contributed by atoms with Crippen LogP contribution in [0.5, 0.6) is 0 Å². The molecule has 2 heterocycles. The number of nitrogens with zero attached hydrogens (tertiary/aromatic N) is 2. The fourth-order valence-corrected chi connectivity index (χ4v) is 4.47. The van der Waals surface area contributed by atoms with E-state index in [1.807, 2.05) is 4.90 Å². The maximum atomic E-state index is 12.6. The Labute approximate surface area is 163 Å². The molecule has 5 nitrogen and oxygen atoms in total. The van der Waals surface area contributed by atoms with Crippen LogP contribution >= 0.6 is 0 Å². The summed E-state index contributed by atoms with van der Waals surface area (Å²) >= 11 is 0. The van der Waals surface area contributed by atoms with E-state index in [1.54, 1.807) is 0 Å². The maximum absolute atomic E-state index is 12.6. The number of benzene rings is 1. The predicted molar refractivity (Wildman–Crippen MR) is 107 cm³/mol.